The summed E-state index contributed by atoms with van der Waals surface area (Å²) in [6.07, 6.45) is 0.784. The summed E-state index contributed by atoms with van der Waals surface area (Å²) in [5.41, 5.74) is 0.391. The van der Waals surface area contributed by atoms with Gasteiger partial charge in [-0.25, -0.2) is 4.98 Å². The van der Waals surface area contributed by atoms with E-state index >= 15 is 0 Å². The van der Waals surface area contributed by atoms with Crippen molar-refractivity contribution in [2.75, 3.05) is 58.5 Å². The van der Waals surface area contributed by atoms with Crippen molar-refractivity contribution < 1.29 is 14.6 Å². The maximum Gasteiger partial charge on any atom is 0.260 e. The van der Waals surface area contributed by atoms with E-state index in [0.717, 1.165) is 39.1 Å². The van der Waals surface area contributed by atoms with Gasteiger partial charge in [-0.1, -0.05) is 0 Å². The lowest BCUT2D eigenvalue weighted by Crippen LogP contribution is -2.47. The van der Waals surface area contributed by atoms with E-state index in [9.17, 15) is 4.79 Å². The maximum atomic E-state index is 12.5. The number of aliphatic hydroxyl groups excluding tert-OH is 1. The number of aromatic nitrogens is 2. The van der Waals surface area contributed by atoms with Gasteiger partial charge in [0.15, 0.2) is 11.5 Å². The molecule has 2 aromatic rings. The molecule has 1 aromatic carbocycles. The summed E-state index contributed by atoms with van der Waals surface area (Å²) >= 11 is 0. The second kappa shape index (κ2) is 7.71. The molecule has 0 saturated carbocycles. The number of hydrogen-bond acceptors (Lipinski definition) is 7. The third kappa shape index (κ3) is 3.69. The predicted molar refractivity (Wildman–Crippen MR) is 95.8 cm³/mol. The molecule has 1 saturated heterocycles. The van der Waals surface area contributed by atoms with E-state index in [4.69, 9.17) is 14.6 Å². The molecule has 0 radical (unpaired) electrons. The first-order chi connectivity index (χ1) is 12.2. The Balaban J connectivity index is 1.85. The zero-order valence-electron chi connectivity index (χ0n) is 14.6. The molecule has 0 aliphatic carbocycles. The van der Waals surface area contributed by atoms with Crippen molar-refractivity contribution in [3.8, 4) is 11.5 Å². The van der Waals surface area contributed by atoms with Gasteiger partial charge in [0.25, 0.3) is 5.56 Å². The van der Waals surface area contributed by atoms with Gasteiger partial charge in [-0.15, -0.1) is 0 Å². The van der Waals surface area contributed by atoms with Crippen LogP contribution in [-0.4, -0.2) is 73.5 Å². The zero-order chi connectivity index (χ0) is 17.8. The van der Waals surface area contributed by atoms with E-state index in [1.807, 2.05) is 0 Å². The fourth-order valence-corrected chi connectivity index (χ4v) is 3.08. The van der Waals surface area contributed by atoms with Gasteiger partial charge in [-0.05, 0) is 12.5 Å². The van der Waals surface area contributed by atoms with Crippen LogP contribution in [0.5, 0.6) is 11.5 Å². The summed E-state index contributed by atoms with van der Waals surface area (Å²) in [6.45, 7) is 4.44. The van der Waals surface area contributed by atoms with Crippen molar-refractivity contribution in [2.45, 2.75) is 6.42 Å². The first-order valence-electron chi connectivity index (χ1n) is 8.40. The number of H-pyrrole nitrogens is 1. The maximum absolute atomic E-state index is 12.5. The summed E-state index contributed by atoms with van der Waals surface area (Å²) in [5, 5.41) is 9.41. The van der Waals surface area contributed by atoms with E-state index in [0.29, 0.717) is 28.4 Å². The Kier molecular flexibility index (Phi) is 5.40. The molecule has 1 aliphatic rings. The van der Waals surface area contributed by atoms with Crippen LogP contribution in [0.4, 0.5) is 5.95 Å². The topological polar surface area (TPSA) is 90.9 Å². The first-order valence-corrected chi connectivity index (χ1v) is 8.40. The third-order valence-corrected chi connectivity index (χ3v) is 4.50. The molecular formula is C17H24N4O4. The van der Waals surface area contributed by atoms with Crippen LogP contribution in [0, 0.1) is 0 Å². The second-order valence-electron chi connectivity index (χ2n) is 6.02. The van der Waals surface area contributed by atoms with Crippen molar-refractivity contribution in [3.05, 3.63) is 22.5 Å². The molecule has 1 aliphatic heterocycles. The van der Waals surface area contributed by atoms with E-state index in [-0.39, 0.29) is 12.2 Å². The van der Waals surface area contributed by atoms with Crippen LogP contribution in [0.25, 0.3) is 10.9 Å². The van der Waals surface area contributed by atoms with Crippen LogP contribution in [0.15, 0.2) is 16.9 Å². The Bertz CT molecular complexity index is 784. The monoisotopic (exact) mass is 348 g/mol. The molecule has 1 fully saturated rings. The number of rotatable bonds is 6. The van der Waals surface area contributed by atoms with Gasteiger partial charge in [0.1, 0.15) is 0 Å². The highest BCUT2D eigenvalue weighted by molar-refractivity contribution is 5.82. The number of aliphatic hydroxyl groups is 1. The molecule has 136 valence electrons. The van der Waals surface area contributed by atoms with E-state index in [1.54, 1.807) is 19.2 Å². The number of benzene rings is 1. The second-order valence-corrected chi connectivity index (χ2v) is 6.02. The molecule has 25 heavy (non-hydrogen) atoms. The predicted octanol–water partition coefficient (Wildman–Crippen LogP) is 0.445. The van der Waals surface area contributed by atoms with Crippen molar-refractivity contribution in [1.29, 1.82) is 0 Å². The van der Waals surface area contributed by atoms with Crippen LogP contribution < -0.4 is 19.9 Å². The minimum absolute atomic E-state index is 0.191. The van der Waals surface area contributed by atoms with Crippen LogP contribution in [0.3, 0.4) is 0 Å². The lowest BCUT2D eigenvalue weighted by Gasteiger charge is -2.34. The lowest BCUT2D eigenvalue weighted by molar-refractivity contribution is 0.215. The molecule has 0 spiro atoms. The quantitative estimate of drug-likeness (QED) is 0.783. The van der Waals surface area contributed by atoms with Gasteiger partial charge >= 0.3 is 0 Å². The molecule has 0 amide bonds. The zero-order valence-corrected chi connectivity index (χ0v) is 14.6. The average Bonchev–Trinajstić information content (AvgIpc) is 2.65. The largest absolute Gasteiger partial charge is 0.493 e. The number of hydrogen-bond donors (Lipinski definition) is 2. The highest BCUT2D eigenvalue weighted by Crippen LogP contribution is 2.30. The Morgan fingerprint density at radius 1 is 1.16 bits per heavy atom. The number of piperazine rings is 1. The molecular weight excluding hydrogens is 324 g/mol. The van der Waals surface area contributed by atoms with E-state index in [1.165, 1.54) is 7.11 Å². The molecule has 8 heteroatoms. The number of fused-ring (bicyclic) bond motifs is 1. The van der Waals surface area contributed by atoms with Gasteiger partial charge in [0.2, 0.25) is 5.95 Å². The SMILES string of the molecule is COc1cc2nc(N3CCN(CCCO)CC3)[nH]c(=O)c2cc1OC. The van der Waals surface area contributed by atoms with Crippen molar-refractivity contribution >= 4 is 16.9 Å². The van der Waals surface area contributed by atoms with Gasteiger partial charge in [-0.3, -0.25) is 14.7 Å². The molecule has 0 unspecified atom stereocenters. The summed E-state index contributed by atoms with van der Waals surface area (Å²) in [6, 6.07) is 3.38. The third-order valence-electron chi connectivity index (χ3n) is 4.50. The Morgan fingerprint density at radius 3 is 2.48 bits per heavy atom. The highest BCUT2D eigenvalue weighted by atomic mass is 16.5. The highest BCUT2D eigenvalue weighted by Gasteiger charge is 2.19. The number of methoxy groups -OCH3 is 2. The molecule has 2 N–H and O–H groups in total. The molecule has 0 bridgehead atoms. The summed E-state index contributed by atoms with van der Waals surface area (Å²) in [5.74, 6) is 1.63. The van der Waals surface area contributed by atoms with Crippen molar-refractivity contribution in [2.24, 2.45) is 0 Å². The minimum atomic E-state index is -0.191. The minimum Gasteiger partial charge on any atom is -0.493 e. The van der Waals surface area contributed by atoms with Crippen LogP contribution in [0.1, 0.15) is 6.42 Å². The van der Waals surface area contributed by atoms with Gasteiger partial charge in [-0.2, -0.15) is 0 Å². The number of anilines is 1. The number of ether oxygens (including phenoxy) is 2. The number of aromatic amines is 1. The standard InChI is InChI=1S/C17H24N4O4/c1-24-14-10-12-13(11-15(14)25-2)18-17(19-16(12)23)21-7-5-20(6-8-21)4-3-9-22/h10-11,22H,3-9H2,1-2H3,(H,18,19,23). The number of nitrogens with zero attached hydrogens (tertiary/aromatic N) is 3. The fraction of sp³-hybridized carbons (Fsp3) is 0.529. The van der Waals surface area contributed by atoms with E-state index in [2.05, 4.69) is 19.8 Å². The first kappa shape index (κ1) is 17.5. The molecule has 8 nitrogen and oxygen atoms in total. The van der Waals surface area contributed by atoms with Crippen LogP contribution >= 0.6 is 0 Å². The van der Waals surface area contributed by atoms with Crippen molar-refractivity contribution in [1.82, 2.24) is 14.9 Å². The Hall–Kier alpha value is -2.32. The van der Waals surface area contributed by atoms with Crippen LogP contribution in [0.2, 0.25) is 0 Å². The molecule has 2 heterocycles. The smallest absolute Gasteiger partial charge is 0.260 e. The van der Waals surface area contributed by atoms with E-state index < -0.39 is 0 Å². The van der Waals surface area contributed by atoms with Gasteiger partial charge in [0.05, 0.1) is 25.1 Å². The average molecular weight is 348 g/mol. The van der Waals surface area contributed by atoms with Gasteiger partial charge < -0.3 is 19.5 Å². The Morgan fingerprint density at radius 2 is 1.84 bits per heavy atom. The Labute approximate surface area is 146 Å². The normalized spacial score (nSPS) is 15.6. The summed E-state index contributed by atoms with van der Waals surface area (Å²) < 4.78 is 10.6. The summed E-state index contributed by atoms with van der Waals surface area (Å²) in [7, 11) is 3.10. The molecule has 0 atom stereocenters. The fourth-order valence-electron chi connectivity index (χ4n) is 3.08. The van der Waals surface area contributed by atoms with Crippen LogP contribution in [-0.2, 0) is 0 Å². The lowest BCUT2D eigenvalue weighted by atomic mass is 10.2. The van der Waals surface area contributed by atoms with Crippen molar-refractivity contribution in [3.63, 3.8) is 0 Å². The molecule has 3 rings (SSSR count). The summed E-state index contributed by atoms with van der Waals surface area (Å²) in [4.78, 5) is 24.3. The number of nitrogens with one attached hydrogen (secondary N) is 1. The van der Waals surface area contributed by atoms with Gasteiger partial charge in [0, 0.05) is 45.4 Å². The molecule has 1 aromatic heterocycles.